The fourth-order valence-electron chi connectivity index (χ4n) is 4.54. The summed E-state index contributed by atoms with van der Waals surface area (Å²) in [5.74, 6) is 0.887. The topological polar surface area (TPSA) is 63.0 Å². The lowest BCUT2D eigenvalue weighted by molar-refractivity contribution is -0.145. The first-order valence-electron chi connectivity index (χ1n) is 12.9. The summed E-state index contributed by atoms with van der Waals surface area (Å²) < 4.78 is 25.0. The second-order valence-electron chi connectivity index (χ2n) is 9.49. The monoisotopic (exact) mass is 486 g/mol. The molecule has 3 rings (SSSR count). The first-order chi connectivity index (χ1) is 16.9. The molecule has 1 aromatic carbocycles. The average Bonchev–Trinajstić information content (AvgIpc) is 3.51. The van der Waals surface area contributed by atoms with E-state index in [1.54, 1.807) is 21.9 Å². The normalized spacial score (nSPS) is 16.3. The lowest BCUT2D eigenvalue weighted by Crippen LogP contribution is -2.47. The SMILES string of the molecule is CCCCC(CC)C(=O)N(CC(=O)N(Cc1ccc(F)cc1)Cc1ccc(C)o1)CC1CCCO1. The molecular formula is C28H39FN2O4. The van der Waals surface area contributed by atoms with E-state index in [-0.39, 0.29) is 42.7 Å². The minimum Gasteiger partial charge on any atom is -0.464 e. The van der Waals surface area contributed by atoms with Crippen molar-refractivity contribution >= 4 is 11.8 Å². The van der Waals surface area contributed by atoms with Crippen LogP contribution in [-0.4, -0.2) is 47.4 Å². The third kappa shape index (κ3) is 8.20. The van der Waals surface area contributed by atoms with Crippen molar-refractivity contribution in [3.8, 4) is 0 Å². The van der Waals surface area contributed by atoms with E-state index in [9.17, 15) is 14.0 Å². The Hall–Kier alpha value is -2.67. The Morgan fingerprint density at radius 3 is 2.46 bits per heavy atom. The predicted octanol–water partition coefficient (Wildman–Crippen LogP) is 5.48. The number of carbonyl (C=O) groups is 2. The largest absolute Gasteiger partial charge is 0.464 e. The molecule has 1 aliphatic heterocycles. The van der Waals surface area contributed by atoms with Gasteiger partial charge in [0.1, 0.15) is 17.3 Å². The molecule has 35 heavy (non-hydrogen) atoms. The smallest absolute Gasteiger partial charge is 0.242 e. The van der Waals surface area contributed by atoms with E-state index in [0.29, 0.717) is 25.5 Å². The number of nitrogens with zero attached hydrogens (tertiary/aromatic N) is 2. The van der Waals surface area contributed by atoms with Crippen LogP contribution in [0.5, 0.6) is 0 Å². The van der Waals surface area contributed by atoms with Gasteiger partial charge in [0.05, 0.1) is 19.2 Å². The van der Waals surface area contributed by atoms with E-state index in [1.165, 1.54) is 12.1 Å². The number of unbranched alkanes of at least 4 members (excludes halogenated alkanes) is 1. The molecule has 0 radical (unpaired) electrons. The zero-order valence-electron chi connectivity index (χ0n) is 21.3. The van der Waals surface area contributed by atoms with Gasteiger partial charge in [0.15, 0.2) is 0 Å². The van der Waals surface area contributed by atoms with Crippen LogP contribution in [0.3, 0.4) is 0 Å². The molecule has 0 aliphatic carbocycles. The lowest BCUT2D eigenvalue weighted by atomic mass is 9.97. The number of aryl methyl sites for hydroxylation is 1. The molecule has 1 saturated heterocycles. The number of benzene rings is 1. The van der Waals surface area contributed by atoms with Gasteiger partial charge in [-0.2, -0.15) is 0 Å². The molecule has 2 aromatic rings. The highest BCUT2D eigenvalue weighted by atomic mass is 19.1. The molecule has 7 heteroatoms. The maximum absolute atomic E-state index is 13.6. The Balaban J connectivity index is 1.79. The van der Waals surface area contributed by atoms with Crippen molar-refractivity contribution < 1.29 is 23.1 Å². The Kier molecular flexibility index (Phi) is 10.3. The highest BCUT2D eigenvalue weighted by Crippen LogP contribution is 2.21. The summed E-state index contributed by atoms with van der Waals surface area (Å²) in [7, 11) is 0. The van der Waals surface area contributed by atoms with Crippen LogP contribution in [-0.2, 0) is 27.4 Å². The molecule has 0 N–H and O–H groups in total. The van der Waals surface area contributed by atoms with E-state index in [2.05, 4.69) is 6.92 Å². The quantitative estimate of drug-likeness (QED) is 0.376. The van der Waals surface area contributed by atoms with E-state index in [0.717, 1.165) is 49.8 Å². The first-order valence-corrected chi connectivity index (χ1v) is 12.9. The Morgan fingerprint density at radius 1 is 1.09 bits per heavy atom. The van der Waals surface area contributed by atoms with E-state index >= 15 is 0 Å². The number of carbonyl (C=O) groups excluding carboxylic acids is 2. The number of ether oxygens (including phenoxy) is 1. The Labute approximate surface area is 208 Å². The van der Waals surface area contributed by atoms with Crippen molar-refractivity contribution in [2.24, 2.45) is 5.92 Å². The van der Waals surface area contributed by atoms with Gasteiger partial charge in [-0.25, -0.2) is 4.39 Å². The summed E-state index contributed by atoms with van der Waals surface area (Å²) in [6.07, 6.45) is 5.43. The van der Waals surface area contributed by atoms with Gasteiger partial charge in [-0.1, -0.05) is 38.8 Å². The van der Waals surface area contributed by atoms with Crippen LogP contribution in [0.1, 0.15) is 69.5 Å². The Morgan fingerprint density at radius 2 is 1.86 bits per heavy atom. The van der Waals surface area contributed by atoms with E-state index in [4.69, 9.17) is 9.15 Å². The van der Waals surface area contributed by atoms with Gasteiger partial charge in [-0.3, -0.25) is 9.59 Å². The fraction of sp³-hybridized carbons (Fsp3) is 0.571. The lowest BCUT2D eigenvalue weighted by Gasteiger charge is -2.31. The minimum absolute atomic E-state index is 0.0117. The highest BCUT2D eigenvalue weighted by Gasteiger charge is 2.30. The van der Waals surface area contributed by atoms with Gasteiger partial charge < -0.3 is 19.0 Å². The summed E-state index contributed by atoms with van der Waals surface area (Å²) in [5, 5.41) is 0. The third-order valence-electron chi connectivity index (χ3n) is 6.62. The predicted molar refractivity (Wildman–Crippen MR) is 133 cm³/mol. The third-order valence-corrected chi connectivity index (χ3v) is 6.62. The second kappa shape index (κ2) is 13.4. The minimum atomic E-state index is -0.320. The molecule has 1 fully saturated rings. The molecule has 6 nitrogen and oxygen atoms in total. The van der Waals surface area contributed by atoms with Gasteiger partial charge in [-0.15, -0.1) is 0 Å². The molecule has 0 saturated carbocycles. The molecule has 0 bridgehead atoms. The van der Waals surface area contributed by atoms with E-state index in [1.807, 2.05) is 26.0 Å². The second-order valence-corrected chi connectivity index (χ2v) is 9.49. The van der Waals surface area contributed by atoms with Gasteiger partial charge in [0.2, 0.25) is 11.8 Å². The molecular weight excluding hydrogens is 447 g/mol. The number of amides is 2. The summed E-state index contributed by atoms with van der Waals surface area (Å²) >= 11 is 0. The standard InChI is InChI=1S/C28H39FN2O4/c1-4-6-8-23(5-2)28(33)31(18-25-9-7-16-34-25)20-27(32)30(19-26-15-10-21(3)35-26)17-22-11-13-24(29)14-12-22/h10-15,23,25H,4-9,16-20H2,1-3H3. The fourth-order valence-corrected chi connectivity index (χ4v) is 4.54. The van der Waals surface area contributed by atoms with Gasteiger partial charge >= 0.3 is 0 Å². The number of furan rings is 1. The van der Waals surface area contributed by atoms with Crippen LogP contribution in [0.25, 0.3) is 0 Å². The van der Waals surface area contributed by atoms with Crippen LogP contribution in [0.15, 0.2) is 40.8 Å². The first kappa shape index (κ1) is 26.9. The number of hydrogen-bond acceptors (Lipinski definition) is 4. The van der Waals surface area contributed by atoms with Gasteiger partial charge in [0.25, 0.3) is 0 Å². The maximum atomic E-state index is 13.6. The maximum Gasteiger partial charge on any atom is 0.242 e. The molecule has 2 atom stereocenters. The number of hydrogen-bond donors (Lipinski definition) is 0. The summed E-state index contributed by atoms with van der Waals surface area (Å²) in [4.78, 5) is 30.5. The van der Waals surface area contributed by atoms with Crippen molar-refractivity contribution in [1.29, 1.82) is 0 Å². The molecule has 192 valence electrons. The Bertz CT molecular complexity index is 937. The molecule has 0 spiro atoms. The zero-order chi connectivity index (χ0) is 25.2. The van der Waals surface area contributed by atoms with Crippen LogP contribution < -0.4 is 0 Å². The molecule has 2 heterocycles. The van der Waals surface area contributed by atoms with Crippen LogP contribution in [0.2, 0.25) is 0 Å². The summed E-state index contributed by atoms with van der Waals surface area (Å²) in [6, 6.07) is 9.85. The summed E-state index contributed by atoms with van der Waals surface area (Å²) in [5.41, 5.74) is 0.814. The van der Waals surface area contributed by atoms with Gasteiger partial charge in [-0.05, 0) is 62.4 Å². The van der Waals surface area contributed by atoms with E-state index < -0.39 is 0 Å². The molecule has 1 aromatic heterocycles. The average molecular weight is 487 g/mol. The van der Waals surface area contributed by atoms with Crippen molar-refractivity contribution in [3.63, 3.8) is 0 Å². The molecule has 2 amide bonds. The van der Waals surface area contributed by atoms with Crippen LogP contribution in [0, 0.1) is 18.7 Å². The molecule has 2 unspecified atom stereocenters. The summed E-state index contributed by atoms with van der Waals surface area (Å²) in [6.45, 7) is 7.70. The zero-order valence-corrected chi connectivity index (χ0v) is 21.3. The molecule has 1 aliphatic rings. The number of halogens is 1. The van der Waals surface area contributed by atoms with Crippen molar-refractivity contribution in [1.82, 2.24) is 9.80 Å². The van der Waals surface area contributed by atoms with Crippen molar-refractivity contribution in [3.05, 3.63) is 59.3 Å². The van der Waals surface area contributed by atoms with Crippen LogP contribution in [0.4, 0.5) is 4.39 Å². The highest BCUT2D eigenvalue weighted by molar-refractivity contribution is 5.86. The van der Waals surface area contributed by atoms with Gasteiger partial charge in [0, 0.05) is 25.6 Å². The van der Waals surface area contributed by atoms with Crippen molar-refractivity contribution in [2.45, 2.75) is 78.5 Å². The van der Waals surface area contributed by atoms with Crippen LogP contribution >= 0.6 is 0 Å². The number of rotatable bonds is 13. The van der Waals surface area contributed by atoms with Crippen molar-refractivity contribution in [2.75, 3.05) is 19.7 Å².